The lowest BCUT2D eigenvalue weighted by Crippen LogP contribution is -2.38. The third-order valence-corrected chi connectivity index (χ3v) is 4.41. The smallest absolute Gasteiger partial charge is 0.337 e. The molecule has 0 fully saturated rings. The number of aromatic nitrogens is 1. The SMILES string of the molecule is C#CCCC1(CCC(=O)N2CCn3ccc(C(=O)O)c3C2)N=N1. The molecule has 0 radical (unpaired) electrons. The van der Waals surface area contributed by atoms with E-state index in [0.29, 0.717) is 51.0 Å². The number of carbonyl (C=O) groups excluding carboxylic acids is 1. The molecule has 1 N–H and O–H groups in total. The van der Waals surface area contributed by atoms with Crippen LogP contribution in [-0.4, -0.2) is 38.7 Å². The van der Waals surface area contributed by atoms with Gasteiger partial charge >= 0.3 is 5.97 Å². The molecule has 0 aromatic carbocycles. The van der Waals surface area contributed by atoms with E-state index in [4.69, 9.17) is 6.42 Å². The molecule has 7 heteroatoms. The van der Waals surface area contributed by atoms with Crippen molar-refractivity contribution in [1.82, 2.24) is 9.47 Å². The molecule has 0 spiro atoms. The number of carboxylic acid groups (broad SMARTS) is 1. The van der Waals surface area contributed by atoms with E-state index in [0.717, 1.165) is 0 Å². The van der Waals surface area contributed by atoms with E-state index in [1.165, 1.54) is 0 Å². The minimum atomic E-state index is -0.961. The van der Waals surface area contributed by atoms with E-state index in [9.17, 15) is 14.7 Å². The normalized spacial score (nSPS) is 17.4. The summed E-state index contributed by atoms with van der Waals surface area (Å²) in [6.45, 7) is 1.54. The van der Waals surface area contributed by atoms with Gasteiger partial charge in [-0.1, -0.05) is 0 Å². The van der Waals surface area contributed by atoms with Crippen molar-refractivity contribution < 1.29 is 14.7 Å². The van der Waals surface area contributed by atoms with Crippen LogP contribution in [0.1, 0.15) is 41.7 Å². The molecular formula is C16H18N4O3. The number of carboxylic acids is 1. The van der Waals surface area contributed by atoms with Crippen LogP contribution in [0.15, 0.2) is 22.5 Å². The Morgan fingerprint density at radius 1 is 1.35 bits per heavy atom. The first-order valence-corrected chi connectivity index (χ1v) is 7.61. The van der Waals surface area contributed by atoms with Crippen molar-refractivity contribution >= 4 is 11.9 Å². The second-order valence-electron chi connectivity index (χ2n) is 5.88. The molecular weight excluding hydrogens is 296 g/mol. The fourth-order valence-corrected chi connectivity index (χ4v) is 2.92. The Morgan fingerprint density at radius 2 is 2.13 bits per heavy atom. The van der Waals surface area contributed by atoms with Gasteiger partial charge in [-0.25, -0.2) is 4.79 Å². The molecule has 0 atom stereocenters. The van der Waals surface area contributed by atoms with Crippen LogP contribution in [0.25, 0.3) is 0 Å². The minimum absolute atomic E-state index is 0.00571. The van der Waals surface area contributed by atoms with Gasteiger partial charge in [0, 0.05) is 45.0 Å². The minimum Gasteiger partial charge on any atom is -0.478 e. The average molecular weight is 314 g/mol. The molecule has 1 aromatic heterocycles. The van der Waals surface area contributed by atoms with Gasteiger partial charge in [0.2, 0.25) is 5.91 Å². The molecule has 3 heterocycles. The zero-order valence-electron chi connectivity index (χ0n) is 12.7. The lowest BCUT2D eigenvalue weighted by Gasteiger charge is -2.29. The maximum absolute atomic E-state index is 12.4. The Balaban J connectivity index is 1.58. The van der Waals surface area contributed by atoms with E-state index in [2.05, 4.69) is 16.1 Å². The molecule has 7 nitrogen and oxygen atoms in total. The highest BCUT2D eigenvalue weighted by Gasteiger charge is 2.39. The topological polar surface area (TPSA) is 87.3 Å². The Bertz CT molecular complexity index is 707. The van der Waals surface area contributed by atoms with Crippen molar-refractivity contribution in [2.45, 2.75) is 44.4 Å². The quantitative estimate of drug-likeness (QED) is 0.813. The van der Waals surface area contributed by atoms with Crippen LogP contribution in [0, 0.1) is 12.3 Å². The molecule has 120 valence electrons. The van der Waals surface area contributed by atoms with Crippen molar-refractivity contribution in [1.29, 1.82) is 0 Å². The van der Waals surface area contributed by atoms with Crippen molar-refractivity contribution in [2.24, 2.45) is 10.2 Å². The van der Waals surface area contributed by atoms with Gasteiger partial charge in [-0.15, -0.1) is 12.3 Å². The number of amides is 1. The van der Waals surface area contributed by atoms with Crippen LogP contribution in [0.5, 0.6) is 0 Å². The Morgan fingerprint density at radius 3 is 2.78 bits per heavy atom. The van der Waals surface area contributed by atoms with Crippen LogP contribution >= 0.6 is 0 Å². The fraction of sp³-hybridized carbons (Fsp3) is 0.500. The predicted octanol–water partition coefficient (Wildman–Crippen LogP) is 1.88. The van der Waals surface area contributed by atoms with Gasteiger partial charge in [-0.3, -0.25) is 4.79 Å². The lowest BCUT2D eigenvalue weighted by molar-refractivity contribution is -0.132. The van der Waals surface area contributed by atoms with Gasteiger partial charge in [0.15, 0.2) is 5.66 Å². The number of rotatable bonds is 6. The summed E-state index contributed by atoms with van der Waals surface area (Å²) in [5.41, 5.74) is 0.490. The van der Waals surface area contributed by atoms with E-state index < -0.39 is 11.6 Å². The molecule has 0 unspecified atom stereocenters. The summed E-state index contributed by atoms with van der Waals surface area (Å²) in [4.78, 5) is 25.3. The summed E-state index contributed by atoms with van der Waals surface area (Å²) >= 11 is 0. The van der Waals surface area contributed by atoms with E-state index in [-0.39, 0.29) is 11.5 Å². The van der Waals surface area contributed by atoms with Crippen molar-refractivity contribution in [2.75, 3.05) is 6.54 Å². The zero-order chi connectivity index (χ0) is 16.4. The number of fused-ring (bicyclic) bond motifs is 1. The summed E-state index contributed by atoms with van der Waals surface area (Å²) in [6, 6.07) is 1.59. The summed E-state index contributed by atoms with van der Waals surface area (Å²) in [7, 11) is 0. The Hall–Kier alpha value is -2.62. The van der Waals surface area contributed by atoms with Gasteiger partial charge in [-0.05, 0) is 6.07 Å². The average Bonchev–Trinajstić information content (AvgIpc) is 3.19. The van der Waals surface area contributed by atoms with Crippen molar-refractivity contribution in [3.05, 3.63) is 23.5 Å². The second kappa shape index (κ2) is 5.88. The standard InChI is InChI=1S/C16H18N4O3/c1-2-3-6-16(17-18-16)7-4-14(21)20-10-9-19-8-5-12(15(22)23)13(19)11-20/h1,5,8H,3-4,6-7,9-11H2,(H,22,23). The third-order valence-electron chi connectivity index (χ3n) is 4.41. The van der Waals surface area contributed by atoms with Gasteiger partial charge in [0.1, 0.15) is 0 Å². The van der Waals surface area contributed by atoms with Crippen molar-refractivity contribution in [3.63, 3.8) is 0 Å². The second-order valence-corrected chi connectivity index (χ2v) is 5.88. The highest BCUT2D eigenvalue weighted by molar-refractivity contribution is 5.89. The third kappa shape index (κ3) is 3.11. The number of terminal acetylenes is 1. The fourth-order valence-electron chi connectivity index (χ4n) is 2.92. The summed E-state index contributed by atoms with van der Waals surface area (Å²) in [5.74, 6) is 1.61. The number of hydrogen-bond acceptors (Lipinski definition) is 4. The Labute approximate surface area is 134 Å². The molecule has 0 aliphatic carbocycles. The molecule has 3 rings (SSSR count). The first-order valence-electron chi connectivity index (χ1n) is 7.61. The van der Waals surface area contributed by atoms with Crippen LogP contribution < -0.4 is 0 Å². The first-order chi connectivity index (χ1) is 11.0. The highest BCUT2D eigenvalue weighted by atomic mass is 16.4. The molecule has 1 amide bonds. The molecule has 2 aliphatic heterocycles. The largest absolute Gasteiger partial charge is 0.478 e. The van der Waals surface area contributed by atoms with Gasteiger partial charge in [-0.2, -0.15) is 10.2 Å². The van der Waals surface area contributed by atoms with E-state index in [1.54, 1.807) is 17.2 Å². The lowest BCUT2D eigenvalue weighted by atomic mass is 10.0. The molecule has 0 bridgehead atoms. The molecule has 2 aliphatic rings. The molecule has 23 heavy (non-hydrogen) atoms. The number of carbonyl (C=O) groups is 2. The monoisotopic (exact) mass is 314 g/mol. The van der Waals surface area contributed by atoms with Crippen LogP contribution in [0.4, 0.5) is 0 Å². The predicted molar refractivity (Wildman–Crippen MR) is 81.7 cm³/mol. The number of nitrogens with zero attached hydrogens (tertiary/aromatic N) is 4. The Kier molecular flexibility index (Phi) is 3.90. The molecule has 0 saturated heterocycles. The first kappa shape index (κ1) is 15.3. The van der Waals surface area contributed by atoms with Crippen LogP contribution in [0.2, 0.25) is 0 Å². The highest BCUT2D eigenvalue weighted by Crippen LogP contribution is 2.37. The summed E-state index contributed by atoms with van der Waals surface area (Å²) in [5, 5.41) is 17.3. The number of hydrogen-bond donors (Lipinski definition) is 1. The molecule has 0 saturated carbocycles. The van der Waals surface area contributed by atoms with Crippen molar-refractivity contribution in [3.8, 4) is 12.3 Å². The zero-order valence-corrected chi connectivity index (χ0v) is 12.7. The molecule has 1 aromatic rings. The maximum atomic E-state index is 12.4. The van der Waals surface area contributed by atoms with Crippen LogP contribution in [0.3, 0.4) is 0 Å². The van der Waals surface area contributed by atoms with E-state index >= 15 is 0 Å². The van der Waals surface area contributed by atoms with Gasteiger partial charge in [0.25, 0.3) is 0 Å². The van der Waals surface area contributed by atoms with Gasteiger partial charge in [0.05, 0.1) is 17.8 Å². The van der Waals surface area contributed by atoms with Gasteiger partial charge < -0.3 is 14.6 Å². The summed E-state index contributed by atoms with van der Waals surface area (Å²) in [6.07, 6.45) is 9.21. The van der Waals surface area contributed by atoms with Crippen LogP contribution in [-0.2, 0) is 17.9 Å². The van der Waals surface area contributed by atoms with E-state index in [1.807, 2.05) is 4.57 Å². The summed E-state index contributed by atoms with van der Waals surface area (Å²) < 4.78 is 1.90. The number of aromatic carboxylic acids is 1. The maximum Gasteiger partial charge on any atom is 0.337 e.